The van der Waals surface area contributed by atoms with Crippen LogP contribution < -0.4 is 5.73 Å². The first-order chi connectivity index (χ1) is 6.19. The first kappa shape index (κ1) is 13.5. The third-order valence-corrected chi connectivity index (χ3v) is 2.06. The molecule has 0 unspecified atom stereocenters. The van der Waals surface area contributed by atoms with Crippen molar-refractivity contribution in [2.24, 2.45) is 5.73 Å². The molecule has 1 heterocycles. The minimum Gasteiger partial charge on any atom is -0.464 e. The second-order valence-corrected chi connectivity index (χ2v) is 3.43. The Labute approximate surface area is 96.9 Å². The number of esters is 1. The molecule has 80 valence electrons. The molecule has 1 aromatic heterocycles. The van der Waals surface area contributed by atoms with Crippen LogP contribution in [-0.2, 0) is 11.3 Å². The van der Waals surface area contributed by atoms with Crippen molar-refractivity contribution in [1.29, 1.82) is 0 Å². The van der Waals surface area contributed by atoms with Gasteiger partial charge >= 0.3 is 5.97 Å². The van der Waals surface area contributed by atoms with Gasteiger partial charge in [0.15, 0.2) is 0 Å². The maximum Gasteiger partial charge on any atom is 0.354 e. The zero-order valence-electron chi connectivity index (χ0n) is 7.70. The second-order valence-electron chi connectivity index (χ2n) is 2.52. The third kappa shape index (κ3) is 3.01. The van der Waals surface area contributed by atoms with Gasteiger partial charge < -0.3 is 15.0 Å². The number of hydrogen-bond acceptors (Lipinski definition) is 3. The standard InChI is InChI=1S/C8H11BrN2O2.ClH/c1-13-8(12)7-4-6(9)5-11(7)3-2-10;/h4-5H,2-3,10H2,1H3;1H. The lowest BCUT2D eigenvalue weighted by Gasteiger charge is -2.04. The van der Waals surface area contributed by atoms with Crippen molar-refractivity contribution in [3.05, 3.63) is 22.4 Å². The highest BCUT2D eigenvalue weighted by Crippen LogP contribution is 2.15. The molecule has 0 saturated heterocycles. The maximum absolute atomic E-state index is 11.2. The zero-order chi connectivity index (χ0) is 9.84. The third-order valence-electron chi connectivity index (χ3n) is 1.63. The Balaban J connectivity index is 0.00000169. The number of ether oxygens (including phenoxy) is 1. The summed E-state index contributed by atoms with van der Waals surface area (Å²) in [6.07, 6.45) is 1.80. The van der Waals surface area contributed by atoms with Crippen LogP contribution in [0.3, 0.4) is 0 Å². The Bertz CT molecular complexity index is 314. The van der Waals surface area contributed by atoms with Crippen LogP contribution in [0.4, 0.5) is 0 Å². The fourth-order valence-corrected chi connectivity index (χ4v) is 1.54. The highest BCUT2D eigenvalue weighted by atomic mass is 79.9. The van der Waals surface area contributed by atoms with Gasteiger partial charge in [0.05, 0.1) is 7.11 Å². The van der Waals surface area contributed by atoms with Gasteiger partial charge in [0.25, 0.3) is 0 Å². The molecular weight excluding hydrogens is 271 g/mol. The molecule has 0 radical (unpaired) electrons. The van der Waals surface area contributed by atoms with E-state index >= 15 is 0 Å². The Hall–Kier alpha value is -0.520. The Morgan fingerprint density at radius 3 is 2.86 bits per heavy atom. The highest BCUT2D eigenvalue weighted by Gasteiger charge is 2.12. The van der Waals surface area contributed by atoms with E-state index in [0.717, 1.165) is 4.47 Å². The number of hydrogen-bond donors (Lipinski definition) is 1. The summed E-state index contributed by atoms with van der Waals surface area (Å²) in [4.78, 5) is 11.2. The van der Waals surface area contributed by atoms with Gasteiger partial charge in [0.1, 0.15) is 5.69 Å². The average Bonchev–Trinajstić information content (AvgIpc) is 2.46. The zero-order valence-corrected chi connectivity index (χ0v) is 10.1. The van der Waals surface area contributed by atoms with Crippen LogP contribution in [0.15, 0.2) is 16.7 Å². The molecule has 0 atom stereocenters. The van der Waals surface area contributed by atoms with Crippen LogP contribution in [0.1, 0.15) is 10.5 Å². The molecule has 14 heavy (non-hydrogen) atoms. The minimum absolute atomic E-state index is 0. The van der Waals surface area contributed by atoms with Crippen LogP contribution in [0.2, 0.25) is 0 Å². The monoisotopic (exact) mass is 282 g/mol. The number of rotatable bonds is 3. The fraction of sp³-hybridized carbons (Fsp3) is 0.375. The SMILES string of the molecule is COC(=O)c1cc(Br)cn1CCN.Cl. The topological polar surface area (TPSA) is 57.2 Å². The second kappa shape index (κ2) is 6.06. The molecular formula is C8H12BrClN2O2. The number of nitrogens with zero attached hydrogens (tertiary/aromatic N) is 1. The van der Waals surface area contributed by atoms with Crippen molar-refractivity contribution in [2.45, 2.75) is 6.54 Å². The first-order valence-electron chi connectivity index (χ1n) is 3.83. The van der Waals surface area contributed by atoms with Gasteiger partial charge in [-0.1, -0.05) is 0 Å². The molecule has 0 saturated carbocycles. The maximum atomic E-state index is 11.2. The van der Waals surface area contributed by atoms with Crippen molar-refractivity contribution < 1.29 is 9.53 Å². The lowest BCUT2D eigenvalue weighted by molar-refractivity contribution is 0.0588. The number of carbonyl (C=O) groups is 1. The van der Waals surface area contributed by atoms with Crippen molar-refractivity contribution in [2.75, 3.05) is 13.7 Å². The Morgan fingerprint density at radius 2 is 2.36 bits per heavy atom. The quantitative estimate of drug-likeness (QED) is 0.854. The number of aromatic nitrogens is 1. The molecule has 0 bridgehead atoms. The number of halogens is 2. The summed E-state index contributed by atoms with van der Waals surface area (Å²) >= 11 is 3.28. The summed E-state index contributed by atoms with van der Waals surface area (Å²) in [5, 5.41) is 0. The lowest BCUT2D eigenvalue weighted by Crippen LogP contribution is -2.15. The molecule has 0 aliphatic rings. The van der Waals surface area contributed by atoms with Crippen LogP contribution in [0.5, 0.6) is 0 Å². The smallest absolute Gasteiger partial charge is 0.354 e. The molecule has 4 nitrogen and oxygen atoms in total. The highest BCUT2D eigenvalue weighted by molar-refractivity contribution is 9.10. The van der Waals surface area contributed by atoms with Gasteiger partial charge in [-0.15, -0.1) is 12.4 Å². The van der Waals surface area contributed by atoms with Crippen molar-refractivity contribution in [1.82, 2.24) is 4.57 Å². The molecule has 1 aromatic rings. The van der Waals surface area contributed by atoms with E-state index < -0.39 is 0 Å². The Kier molecular flexibility index (Phi) is 5.83. The molecule has 0 aromatic carbocycles. The van der Waals surface area contributed by atoms with Gasteiger partial charge in [-0.3, -0.25) is 0 Å². The summed E-state index contributed by atoms with van der Waals surface area (Å²) in [5.74, 6) is -0.348. The largest absolute Gasteiger partial charge is 0.464 e. The van der Waals surface area contributed by atoms with Crippen LogP contribution in [-0.4, -0.2) is 24.2 Å². The average molecular weight is 284 g/mol. The molecule has 0 fully saturated rings. The summed E-state index contributed by atoms with van der Waals surface area (Å²) in [5.41, 5.74) is 5.91. The predicted octanol–water partition coefficient (Wildman–Crippen LogP) is 1.42. The summed E-state index contributed by atoms with van der Waals surface area (Å²) in [6.45, 7) is 1.10. The number of methoxy groups -OCH3 is 1. The van der Waals surface area contributed by atoms with E-state index in [4.69, 9.17) is 5.73 Å². The van der Waals surface area contributed by atoms with E-state index in [1.165, 1.54) is 7.11 Å². The molecule has 0 aliphatic carbocycles. The molecule has 6 heteroatoms. The van der Waals surface area contributed by atoms with E-state index in [-0.39, 0.29) is 18.4 Å². The van der Waals surface area contributed by atoms with Gasteiger partial charge in [-0.2, -0.15) is 0 Å². The fourth-order valence-electron chi connectivity index (χ4n) is 1.07. The van der Waals surface area contributed by atoms with Crippen LogP contribution in [0, 0.1) is 0 Å². The van der Waals surface area contributed by atoms with Crippen molar-refractivity contribution >= 4 is 34.3 Å². The van der Waals surface area contributed by atoms with E-state index in [2.05, 4.69) is 20.7 Å². The van der Waals surface area contributed by atoms with Gasteiger partial charge in [-0.25, -0.2) is 4.79 Å². The normalized spacial score (nSPS) is 9.36. The molecule has 1 rings (SSSR count). The van der Waals surface area contributed by atoms with Gasteiger partial charge in [-0.05, 0) is 22.0 Å². The van der Waals surface area contributed by atoms with E-state index in [0.29, 0.717) is 18.8 Å². The summed E-state index contributed by atoms with van der Waals surface area (Å²) in [7, 11) is 1.36. The molecule has 0 aliphatic heterocycles. The van der Waals surface area contributed by atoms with E-state index in [9.17, 15) is 4.79 Å². The first-order valence-corrected chi connectivity index (χ1v) is 4.62. The molecule has 2 N–H and O–H groups in total. The molecule has 0 spiro atoms. The number of carbonyl (C=O) groups excluding carboxylic acids is 1. The lowest BCUT2D eigenvalue weighted by atomic mass is 10.4. The summed E-state index contributed by atoms with van der Waals surface area (Å²) in [6, 6.07) is 1.71. The van der Waals surface area contributed by atoms with Crippen LogP contribution >= 0.6 is 28.3 Å². The van der Waals surface area contributed by atoms with Crippen LogP contribution in [0.25, 0.3) is 0 Å². The van der Waals surface area contributed by atoms with Crippen molar-refractivity contribution in [3.63, 3.8) is 0 Å². The predicted molar refractivity (Wildman–Crippen MR) is 59.8 cm³/mol. The number of nitrogens with two attached hydrogens (primary N) is 1. The molecule has 0 amide bonds. The van der Waals surface area contributed by atoms with Gasteiger partial charge in [0.2, 0.25) is 0 Å². The summed E-state index contributed by atoms with van der Waals surface area (Å²) < 4.78 is 7.22. The Morgan fingerprint density at radius 1 is 1.71 bits per heavy atom. The van der Waals surface area contributed by atoms with Crippen molar-refractivity contribution in [3.8, 4) is 0 Å². The minimum atomic E-state index is -0.348. The van der Waals surface area contributed by atoms with Gasteiger partial charge in [0, 0.05) is 23.8 Å². The van der Waals surface area contributed by atoms with E-state index in [1.807, 2.05) is 0 Å². The van der Waals surface area contributed by atoms with E-state index in [1.54, 1.807) is 16.8 Å².